The maximum atomic E-state index is 12.4. The lowest BCUT2D eigenvalue weighted by Gasteiger charge is -2.29. The number of hydrogen-bond acceptors (Lipinski definition) is 4. The zero-order valence-corrected chi connectivity index (χ0v) is 17.7. The predicted molar refractivity (Wildman–Crippen MR) is 113 cm³/mol. The van der Waals surface area contributed by atoms with Gasteiger partial charge < -0.3 is 15.1 Å². The van der Waals surface area contributed by atoms with E-state index < -0.39 is 5.54 Å². The molecule has 2 aliphatic heterocycles. The summed E-state index contributed by atoms with van der Waals surface area (Å²) in [5.41, 5.74) is 1.48. The van der Waals surface area contributed by atoms with E-state index >= 15 is 0 Å². The number of rotatable bonds is 7. The summed E-state index contributed by atoms with van der Waals surface area (Å²) in [5.74, 6) is -0.228. The molecule has 0 aromatic heterocycles. The molecule has 29 heavy (non-hydrogen) atoms. The van der Waals surface area contributed by atoms with Crippen molar-refractivity contribution >= 4 is 23.5 Å². The number of nitrogens with one attached hydrogen (secondary N) is 1. The summed E-state index contributed by atoms with van der Waals surface area (Å²) >= 11 is 0. The van der Waals surface area contributed by atoms with E-state index in [0.29, 0.717) is 19.4 Å². The topological polar surface area (TPSA) is 73.0 Å². The Labute approximate surface area is 173 Å². The smallest absolute Gasteiger partial charge is 0.325 e. The van der Waals surface area contributed by atoms with Crippen molar-refractivity contribution in [3.63, 3.8) is 0 Å². The quantitative estimate of drug-likeness (QED) is 0.715. The average Bonchev–Trinajstić information content (AvgIpc) is 2.90. The second kappa shape index (κ2) is 8.84. The van der Waals surface area contributed by atoms with Gasteiger partial charge in [0.25, 0.3) is 5.91 Å². The molecule has 7 nitrogen and oxygen atoms in total. The highest BCUT2D eigenvalue weighted by Gasteiger charge is 2.43. The molecule has 0 aliphatic carbocycles. The highest BCUT2D eigenvalue weighted by molar-refractivity contribution is 6.06. The SMILES string of the molecule is CN(Cc1ccc(N2CCCCC2)cc1)C(=O)CCCN1C(=O)NC(C)(C)C1=O. The summed E-state index contributed by atoms with van der Waals surface area (Å²) < 4.78 is 0. The zero-order valence-electron chi connectivity index (χ0n) is 17.7. The summed E-state index contributed by atoms with van der Waals surface area (Å²) in [6.45, 7) is 6.41. The van der Waals surface area contributed by atoms with Crippen molar-refractivity contribution in [2.75, 3.05) is 31.6 Å². The van der Waals surface area contributed by atoms with Crippen molar-refractivity contribution in [2.24, 2.45) is 0 Å². The molecule has 7 heteroatoms. The van der Waals surface area contributed by atoms with Crippen LogP contribution in [0, 0.1) is 0 Å². The van der Waals surface area contributed by atoms with Gasteiger partial charge in [0.2, 0.25) is 5.91 Å². The van der Waals surface area contributed by atoms with Crippen LogP contribution in [0.5, 0.6) is 0 Å². The van der Waals surface area contributed by atoms with Crippen LogP contribution in [-0.4, -0.2) is 59.9 Å². The summed E-state index contributed by atoms with van der Waals surface area (Å²) in [5, 5.41) is 2.65. The number of anilines is 1. The number of amides is 4. The van der Waals surface area contributed by atoms with Gasteiger partial charge in [-0.15, -0.1) is 0 Å². The van der Waals surface area contributed by atoms with Crippen LogP contribution in [0.2, 0.25) is 0 Å². The fourth-order valence-corrected chi connectivity index (χ4v) is 3.93. The maximum Gasteiger partial charge on any atom is 0.325 e. The van der Waals surface area contributed by atoms with Crippen LogP contribution in [0.1, 0.15) is 51.5 Å². The van der Waals surface area contributed by atoms with Gasteiger partial charge in [-0.25, -0.2) is 4.79 Å². The number of carbonyl (C=O) groups is 3. The molecular formula is C22H32N4O3. The van der Waals surface area contributed by atoms with Gasteiger partial charge in [0.15, 0.2) is 0 Å². The summed E-state index contributed by atoms with van der Waals surface area (Å²) in [7, 11) is 1.79. The molecule has 2 aliphatic rings. The van der Waals surface area contributed by atoms with Crippen LogP contribution >= 0.6 is 0 Å². The molecule has 1 aromatic carbocycles. The first-order valence-corrected chi connectivity index (χ1v) is 10.5. The van der Waals surface area contributed by atoms with E-state index in [1.807, 2.05) is 0 Å². The Hall–Kier alpha value is -2.57. The fourth-order valence-electron chi connectivity index (χ4n) is 3.93. The minimum absolute atomic E-state index is 0.0106. The zero-order chi connectivity index (χ0) is 21.0. The lowest BCUT2D eigenvalue weighted by Crippen LogP contribution is -2.40. The first kappa shape index (κ1) is 21.1. The number of nitrogens with zero attached hydrogens (tertiary/aromatic N) is 3. The standard InChI is InChI=1S/C22H32N4O3/c1-22(2)20(28)26(21(29)23-22)15-7-8-19(27)24(3)16-17-9-11-18(12-10-17)25-13-5-4-6-14-25/h9-12H,4-8,13-16H2,1-3H3,(H,23,29). The molecule has 4 amide bonds. The normalized spacial score (nSPS) is 18.7. The lowest BCUT2D eigenvalue weighted by atomic mass is 10.1. The van der Waals surface area contributed by atoms with Crippen molar-refractivity contribution in [1.29, 1.82) is 0 Å². The molecule has 0 spiro atoms. The maximum absolute atomic E-state index is 12.4. The molecule has 0 unspecified atom stereocenters. The molecule has 0 atom stereocenters. The third-order valence-corrected chi connectivity index (χ3v) is 5.72. The average molecular weight is 401 g/mol. The molecule has 2 saturated heterocycles. The highest BCUT2D eigenvalue weighted by Crippen LogP contribution is 2.21. The summed E-state index contributed by atoms with van der Waals surface area (Å²) in [6, 6.07) is 8.07. The van der Waals surface area contributed by atoms with Crippen LogP contribution in [-0.2, 0) is 16.1 Å². The van der Waals surface area contributed by atoms with E-state index in [-0.39, 0.29) is 24.4 Å². The molecular weight excluding hydrogens is 368 g/mol. The van der Waals surface area contributed by atoms with Crippen LogP contribution < -0.4 is 10.2 Å². The second-order valence-corrected chi connectivity index (χ2v) is 8.58. The molecule has 2 heterocycles. The molecule has 1 N–H and O–H groups in total. The van der Waals surface area contributed by atoms with Crippen LogP contribution in [0.3, 0.4) is 0 Å². The first-order valence-electron chi connectivity index (χ1n) is 10.5. The fraction of sp³-hybridized carbons (Fsp3) is 0.591. The lowest BCUT2D eigenvalue weighted by molar-refractivity contribution is -0.132. The van der Waals surface area contributed by atoms with Gasteiger partial charge in [0, 0.05) is 45.3 Å². The van der Waals surface area contributed by atoms with Gasteiger partial charge in [0.1, 0.15) is 5.54 Å². The van der Waals surface area contributed by atoms with E-state index in [1.165, 1.54) is 29.8 Å². The third-order valence-electron chi connectivity index (χ3n) is 5.72. The predicted octanol–water partition coefficient (Wildman–Crippen LogP) is 2.75. The molecule has 1 aromatic rings. The van der Waals surface area contributed by atoms with Gasteiger partial charge in [-0.05, 0) is 57.2 Å². The Morgan fingerprint density at radius 1 is 1.10 bits per heavy atom. The summed E-state index contributed by atoms with van der Waals surface area (Å²) in [6.07, 6.45) is 4.59. The van der Waals surface area contributed by atoms with Gasteiger partial charge in [-0.3, -0.25) is 14.5 Å². The number of piperidine rings is 1. The number of hydrogen-bond donors (Lipinski definition) is 1. The molecule has 2 fully saturated rings. The van der Waals surface area contributed by atoms with E-state index in [9.17, 15) is 14.4 Å². The molecule has 0 bridgehead atoms. The van der Waals surface area contributed by atoms with Gasteiger partial charge >= 0.3 is 6.03 Å². The van der Waals surface area contributed by atoms with E-state index in [4.69, 9.17) is 0 Å². The third kappa shape index (κ3) is 5.08. The Kier molecular flexibility index (Phi) is 6.45. The van der Waals surface area contributed by atoms with Gasteiger partial charge in [-0.1, -0.05) is 12.1 Å². The van der Waals surface area contributed by atoms with Crippen molar-refractivity contribution in [3.05, 3.63) is 29.8 Å². The van der Waals surface area contributed by atoms with Crippen molar-refractivity contribution in [1.82, 2.24) is 15.1 Å². The number of urea groups is 1. The molecule has 158 valence electrons. The highest BCUT2D eigenvalue weighted by atomic mass is 16.2. The monoisotopic (exact) mass is 400 g/mol. The Morgan fingerprint density at radius 3 is 2.34 bits per heavy atom. The minimum atomic E-state index is -0.863. The largest absolute Gasteiger partial charge is 0.372 e. The van der Waals surface area contributed by atoms with Crippen molar-refractivity contribution in [2.45, 2.75) is 58.0 Å². The van der Waals surface area contributed by atoms with Crippen molar-refractivity contribution in [3.8, 4) is 0 Å². The van der Waals surface area contributed by atoms with Crippen molar-refractivity contribution < 1.29 is 14.4 Å². The summed E-state index contributed by atoms with van der Waals surface area (Å²) in [4.78, 5) is 41.8. The Balaban J connectivity index is 1.44. The number of imide groups is 1. The molecule has 0 saturated carbocycles. The van der Waals surface area contributed by atoms with E-state index in [2.05, 4.69) is 34.5 Å². The number of carbonyl (C=O) groups excluding carboxylic acids is 3. The number of benzene rings is 1. The first-order chi connectivity index (χ1) is 13.8. The van der Waals surface area contributed by atoms with E-state index in [0.717, 1.165) is 18.7 Å². The van der Waals surface area contributed by atoms with Crippen LogP contribution in [0.15, 0.2) is 24.3 Å². The van der Waals surface area contributed by atoms with Crippen LogP contribution in [0.25, 0.3) is 0 Å². The van der Waals surface area contributed by atoms with Gasteiger partial charge in [-0.2, -0.15) is 0 Å². The Bertz CT molecular complexity index is 754. The minimum Gasteiger partial charge on any atom is -0.372 e. The Morgan fingerprint density at radius 2 is 1.76 bits per heavy atom. The van der Waals surface area contributed by atoms with Crippen LogP contribution in [0.4, 0.5) is 10.5 Å². The second-order valence-electron chi connectivity index (χ2n) is 8.58. The van der Waals surface area contributed by atoms with E-state index in [1.54, 1.807) is 25.8 Å². The molecule has 3 rings (SSSR count). The van der Waals surface area contributed by atoms with Gasteiger partial charge in [0.05, 0.1) is 0 Å². The molecule has 0 radical (unpaired) electrons.